The molecule has 0 aliphatic carbocycles. The molecule has 100 valence electrons. The molecule has 0 aliphatic rings. The molecule has 0 aromatic carbocycles. The minimum absolute atomic E-state index is 0.0515. The summed E-state index contributed by atoms with van der Waals surface area (Å²) in [6, 6.07) is 3.53. The van der Waals surface area contributed by atoms with Gasteiger partial charge in [0.05, 0.1) is 0 Å². The number of aromatic nitrogens is 1. The van der Waals surface area contributed by atoms with Gasteiger partial charge in [-0.25, -0.2) is 9.78 Å². The van der Waals surface area contributed by atoms with Crippen molar-refractivity contribution in [3.05, 3.63) is 23.4 Å². The van der Waals surface area contributed by atoms with Gasteiger partial charge in [0.25, 0.3) is 0 Å². The molecule has 0 bridgehead atoms. The van der Waals surface area contributed by atoms with Crippen molar-refractivity contribution in [3.63, 3.8) is 0 Å². The van der Waals surface area contributed by atoms with Crippen LogP contribution in [0.5, 0.6) is 0 Å². The Morgan fingerprint density at radius 2 is 1.94 bits per heavy atom. The highest BCUT2D eigenvalue weighted by atomic mass is 16.4. The Labute approximate surface area is 109 Å². The zero-order chi connectivity index (χ0) is 14.1. The van der Waals surface area contributed by atoms with Gasteiger partial charge >= 0.3 is 5.97 Å². The SMILES string of the molecule is Cc1ccc(C(=O)O)c(N(C)C(C)C(C)(C)C)n1. The molecule has 1 atom stereocenters. The van der Waals surface area contributed by atoms with Crippen LogP contribution in [0.1, 0.15) is 43.7 Å². The molecule has 0 radical (unpaired) electrons. The lowest BCUT2D eigenvalue weighted by molar-refractivity contribution is 0.0697. The zero-order valence-electron chi connectivity index (χ0n) is 12.0. The Hall–Kier alpha value is -1.58. The smallest absolute Gasteiger partial charge is 0.339 e. The molecule has 1 N–H and O–H groups in total. The minimum atomic E-state index is -0.939. The molecule has 0 saturated carbocycles. The maximum absolute atomic E-state index is 11.2. The van der Waals surface area contributed by atoms with Crippen LogP contribution in [0.3, 0.4) is 0 Å². The summed E-state index contributed by atoms with van der Waals surface area (Å²) in [6.07, 6.45) is 0. The van der Waals surface area contributed by atoms with Gasteiger partial charge in [-0.2, -0.15) is 0 Å². The maximum atomic E-state index is 11.2. The molecule has 0 spiro atoms. The fourth-order valence-electron chi connectivity index (χ4n) is 1.74. The van der Waals surface area contributed by atoms with Crippen LogP contribution in [0.2, 0.25) is 0 Å². The largest absolute Gasteiger partial charge is 0.478 e. The molecule has 1 aromatic rings. The molecule has 0 saturated heterocycles. The minimum Gasteiger partial charge on any atom is -0.478 e. The van der Waals surface area contributed by atoms with Gasteiger partial charge < -0.3 is 10.0 Å². The third-order valence-electron chi connectivity index (χ3n) is 3.41. The lowest BCUT2D eigenvalue weighted by atomic mass is 9.87. The van der Waals surface area contributed by atoms with E-state index >= 15 is 0 Å². The molecule has 4 nitrogen and oxygen atoms in total. The average Bonchev–Trinajstić information content (AvgIpc) is 2.25. The van der Waals surface area contributed by atoms with Crippen molar-refractivity contribution in [1.82, 2.24) is 4.98 Å². The van der Waals surface area contributed by atoms with E-state index in [0.29, 0.717) is 5.82 Å². The van der Waals surface area contributed by atoms with E-state index in [0.717, 1.165) is 5.69 Å². The summed E-state index contributed by atoms with van der Waals surface area (Å²) in [7, 11) is 1.89. The van der Waals surface area contributed by atoms with Gasteiger partial charge in [-0.05, 0) is 31.4 Å². The number of nitrogens with zero attached hydrogens (tertiary/aromatic N) is 2. The Balaban J connectivity index is 3.23. The first-order chi connectivity index (χ1) is 8.14. The fraction of sp³-hybridized carbons (Fsp3) is 0.571. The van der Waals surface area contributed by atoms with Crippen molar-refractivity contribution in [2.75, 3.05) is 11.9 Å². The highest BCUT2D eigenvalue weighted by molar-refractivity contribution is 5.93. The summed E-state index contributed by atoms with van der Waals surface area (Å²) < 4.78 is 0. The molecule has 0 fully saturated rings. The first-order valence-corrected chi connectivity index (χ1v) is 6.08. The quantitative estimate of drug-likeness (QED) is 0.896. The zero-order valence-corrected chi connectivity index (χ0v) is 12.0. The van der Waals surface area contributed by atoms with Crippen LogP contribution in [-0.4, -0.2) is 29.1 Å². The summed E-state index contributed by atoms with van der Waals surface area (Å²) in [5.41, 5.74) is 1.12. The van der Waals surface area contributed by atoms with Gasteiger partial charge in [-0.1, -0.05) is 20.8 Å². The molecular formula is C14H22N2O2. The molecule has 1 heterocycles. The van der Waals surface area contributed by atoms with Crippen LogP contribution in [0.15, 0.2) is 12.1 Å². The first kappa shape index (κ1) is 14.5. The van der Waals surface area contributed by atoms with Crippen molar-refractivity contribution in [1.29, 1.82) is 0 Å². The predicted octanol–water partition coefficient (Wildman–Crippen LogP) is 2.96. The third-order valence-corrected chi connectivity index (χ3v) is 3.41. The number of carbonyl (C=O) groups is 1. The van der Waals surface area contributed by atoms with Crippen LogP contribution in [0, 0.1) is 12.3 Å². The van der Waals surface area contributed by atoms with E-state index in [2.05, 4.69) is 32.7 Å². The van der Waals surface area contributed by atoms with Crippen LogP contribution in [0.4, 0.5) is 5.82 Å². The third kappa shape index (κ3) is 3.00. The highest BCUT2D eigenvalue weighted by Gasteiger charge is 2.27. The van der Waals surface area contributed by atoms with Crippen molar-refractivity contribution in [2.45, 2.75) is 40.7 Å². The van der Waals surface area contributed by atoms with Crippen LogP contribution in [0.25, 0.3) is 0 Å². The molecule has 1 unspecified atom stereocenters. The van der Waals surface area contributed by atoms with Crippen molar-refractivity contribution in [3.8, 4) is 0 Å². The van der Waals surface area contributed by atoms with Gasteiger partial charge in [0, 0.05) is 18.8 Å². The number of hydrogen-bond acceptors (Lipinski definition) is 3. The summed E-state index contributed by atoms with van der Waals surface area (Å²) in [4.78, 5) is 17.6. The van der Waals surface area contributed by atoms with Gasteiger partial charge in [-0.15, -0.1) is 0 Å². The van der Waals surface area contributed by atoms with Crippen molar-refractivity contribution >= 4 is 11.8 Å². The molecule has 1 rings (SSSR count). The standard InChI is InChI=1S/C14H22N2O2/c1-9-7-8-11(13(17)18)12(15-9)16(6)10(2)14(3,4)5/h7-8,10H,1-6H3,(H,17,18). The monoisotopic (exact) mass is 250 g/mol. The van der Waals surface area contributed by atoms with E-state index in [9.17, 15) is 9.90 Å². The lowest BCUT2D eigenvalue weighted by Crippen LogP contribution is -2.40. The van der Waals surface area contributed by atoms with Crippen LogP contribution >= 0.6 is 0 Å². The van der Waals surface area contributed by atoms with E-state index in [-0.39, 0.29) is 17.0 Å². The van der Waals surface area contributed by atoms with E-state index in [1.807, 2.05) is 18.9 Å². The normalized spacial score (nSPS) is 13.2. The first-order valence-electron chi connectivity index (χ1n) is 6.08. The van der Waals surface area contributed by atoms with Gasteiger partial charge in [0.15, 0.2) is 0 Å². The fourth-order valence-corrected chi connectivity index (χ4v) is 1.74. The molecule has 0 aliphatic heterocycles. The number of carboxylic acid groups (broad SMARTS) is 1. The Morgan fingerprint density at radius 3 is 2.39 bits per heavy atom. The number of rotatable bonds is 3. The Morgan fingerprint density at radius 1 is 1.39 bits per heavy atom. The topological polar surface area (TPSA) is 53.4 Å². The summed E-state index contributed by atoms with van der Waals surface area (Å²) >= 11 is 0. The van der Waals surface area contributed by atoms with Crippen molar-refractivity contribution in [2.24, 2.45) is 5.41 Å². The Bertz CT molecular complexity index is 450. The molecule has 1 aromatic heterocycles. The number of aryl methyl sites for hydroxylation is 1. The van der Waals surface area contributed by atoms with E-state index in [1.165, 1.54) is 0 Å². The highest BCUT2D eigenvalue weighted by Crippen LogP contribution is 2.28. The van der Waals surface area contributed by atoms with E-state index in [1.54, 1.807) is 12.1 Å². The second kappa shape index (κ2) is 4.96. The van der Waals surface area contributed by atoms with Gasteiger partial charge in [-0.3, -0.25) is 0 Å². The number of anilines is 1. The summed E-state index contributed by atoms with van der Waals surface area (Å²) in [5.74, 6) is -0.407. The van der Waals surface area contributed by atoms with E-state index in [4.69, 9.17) is 0 Å². The van der Waals surface area contributed by atoms with Crippen LogP contribution < -0.4 is 4.90 Å². The Kier molecular flexibility index (Phi) is 3.99. The lowest BCUT2D eigenvalue weighted by Gasteiger charge is -2.36. The second-order valence-corrected chi connectivity index (χ2v) is 5.78. The number of hydrogen-bond donors (Lipinski definition) is 1. The van der Waals surface area contributed by atoms with Crippen LogP contribution in [-0.2, 0) is 0 Å². The number of pyridine rings is 1. The number of carboxylic acids is 1. The second-order valence-electron chi connectivity index (χ2n) is 5.78. The van der Waals surface area contributed by atoms with E-state index < -0.39 is 5.97 Å². The number of aromatic carboxylic acids is 1. The summed E-state index contributed by atoms with van der Waals surface area (Å²) in [6.45, 7) is 10.3. The van der Waals surface area contributed by atoms with Gasteiger partial charge in [0.2, 0.25) is 0 Å². The molecule has 18 heavy (non-hydrogen) atoms. The van der Waals surface area contributed by atoms with Crippen molar-refractivity contribution < 1.29 is 9.90 Å². The molecule has 0 amide bonds. The predicted molar refractivity (Wildman–Crippen MR) is 73.3 cm³/mol. The maximum Gasteiger partial charge on any atom is 0.339 e. The average molecular weight is 250 g/mol. The molecular weight excluding hydrogens is 228 g/mol. The van der Waals surface area contributed by atoms with Gasteiger partial charge in [0.1, 0.15) is 11.4 Å². The molecule has 4 heteroatoms. The summed E-state index contributed by atoms with van der Waals surface area (Å²) in [5, 5.41) is 9.22.